The van der Waals surface area contributed by atoms with Gasteiger partial charge in [0.15, 0.2) is 0 Å². The fraction of sp³-hybridized carbons (Fsp3) is 0.791. The van der Waals surface area contributed by atoms with Crippen molar-refractivity contribution in [3.63, 3.8) is 0 Å². The molecule has 0 aliphatic carbocycles. The maximum Gasteiger partial charge on any atom is 0.268 e. The molecule has 0 aromatic heterocycles. The number of aliphatic hydroxyl groups is 1. The van der Waals surface area contributed by atoms with Gasteiger partial charge < -0.3 is 28.8 Å². The van der Waals surface area contributed by atoms with Crippen molar-refractivity contribution < 1.29 is 32.9 Å². The molecule has 3 atom stereocenters. The summed E-state index contributed by atoms with van der Waals surface area (Å²) in [5, 5.41) is 13.7. The van der Waals surface area contributed by atoms with Gasteiger partial charge in [0.1, 0.15) is 13.2 Å². The number of unbranched alkanes of at least 4 members (excludes halogenated alkanes) is 18. The van der Waals surface area contributed by atoms with Crippen LogP contribution in [0.5, 0.6) is 0 Å². The Bertz CT molecular complexity index is 991. The van der Waals surface area contributed by atoms with Gasteiger partial charge in [-0.15, -0.1) is 0 Å². The van der Waals surface area contributed by atoms with E-state index in [1.54, 1.807) is 6.08 Å². The van der Waals surface area contributed by atoms with E-state index in [9.17, 15) is 19.4 Å². The lowest BCUT2D eigenvalue weighted by molar-refractivity contribution is -0.870. The number of amides is 1. The highest BCUT2D eigenvalue weighted by Crippen LogP contribution is 2.38. The van der Waals surface area contributed by atoms with Gasteiger partial charge in [-0.3, -0.25) is 9.36 Å². The van der Waals surface area contributed by atoms with Crippen LogP contribution in [-0.2, 0) is 18.4 Å². The number of carbonyl (C=O) groups is 1. The Morgan fingerprint density at radius 1 is 0.654 bits per heavy atom. The molecule has 0 radical (unpaired) electrons. The van der Waals surface area contributed by atoms with Gasteiger partial charge in [0, 0.05) is 6.42 Å². The summed E-state index contributed by atoms with van der Waals surface area (Å²) in [7, 11) is 1.22. The summed E-state index contributed by atoms with van der Waals surface area (Å²) in [4.78, 5) is 25.1. The van der Waals surface area contributed by atoms with Crippen LogP contribution in [0.1, 0.15) is 168 Å². The first-order chi connectivity index (χ1) is 25.0. The molecule has 52 heavy (non-hydrogen) atoms. The normalized spacial score (nSPS) is 15.0. The average molecular weight is 753 g/mol. The minimum Gasteiger partial charge on any atom is -0.756 e. The second-order valence-electron chi connectivity index (χ2n) is 15.3. The van der Waals surface area contributed by atoms with Crippen LogP contribution in [0.15, 0.2) is 48.6 Å². The highest BCUT2D eigenvalue weighted by molar-refractivity contribution is 7.45. The smallest absolute Gasteiger partial charge is 0.268 e. The van der Waals surface area contributed by atoms with Gasteiger partial charge in [-0.1, -0.05) is 146 Å². The monoisotopic (exact) mass is 753 g/mol. The summed E-state index contributed by atoms with van der Waals surface area (Å²) < 4.78 is 23.1. The number of aliphatic hydroxyl groups excluding tert-OH is 1. The van der Waals surface area contributed by atoms with Gasteiger partial charge in [-0.25, -0.2) is 0 Å². The Kier molecular flexibility index (Phi) is 34.1. The molecule has 9 heteroatoms. The van der Waals surface area contributed by atoms with E-state index in [1.807, 2.05) is 27.2 Å². The maximum atomic E-state index is 12.8. The summed E-state index contributed by atoms with van der Waals surface area (Å²) in [6.45, 7) is 4.54. The number of phosphoric acid groups is 1. The van der Waals surface area contributed by atoms with Crippen molar-refractivity contribution in [3.05, 3.63) is 48.6 Å². The number of hydrogen-bond acceptors (Lipinski definition) is 6. The van der Waals surface area contributed by atoms with Gasteiger partial charge in [-0.05, 0) is 64.2 Å². The zero-order chi connectivity index (χ0) is 38.6. The molecule has 304 valence electrons. The van der Waals surface area contributed by atoms with E-state index < -0.39 is 26.6 Å². The zero-order valence-electron chi connectivity index (χ0n) is 34.2. The van der Waals surface area contributed by atoms with E-state index >= 15 is 0 Å². The van der Waals surface area contributed by atoms with E-state index in [2.05, 4.69) is 55.6 Å². The SMILES string of the molecule is CCCC/C=C\CCCCCCC(=O)NC(COP(=O)([O-])OCC[N+](C)(C)C)C(O)/C=C/CC/C=C/CC/C=C/CCCCCCCCCCCC. The Hall–Kier alpha value is -1.54. The molecule has 0 saturated carbocycles. The number of nitrogens with one attached hydrogen (secondary N) is 1. The third kappa shape index (κ3) is 36.8. The molecule has 0 aliphatic rings. The van der Waals surface area contributed by atoms with Crippen LogP contribution in [0.25, 0.3) is 0 Å². The third-order valence-electron chi connectivity index (χ3n) is 8.99. The number of quaternary nitrogens is 1. The van der Waals surface area contributed by atoms with E-state index in [0.29, 0.717) is 17.4 Å². The number of phosphoric ester groups is 1. The predicted octanol–water partition coefficient (Wildman–Crippen LogP) is 10.7. The first kappa shape index (κ1) is 50.5. The summed E-state index contributed by atoms with van der Waals surface area (Å²) in [6.07, 6.45) is 43.1. The van der Waals surface area contributed by atoms with Crippen LogP contribution in [0.3, 0.4) is 0 Å². The molecule has 8 nitrogen and oxygen atoms in total. The number of carbonyl (C=O) groups excluding carboxylic acids is 1. The lowest BCUT2D eigenvalue weighted by Gasteiger charge is -2.29. The topological polar surface area (TPSA) is 108 Å². The van der Waals surface area contributed by atoms with Crippen molar-refractivity contribution in [2.24, 2.45) is 0 Å². The molecule has 2 N–H and O–H groups in total. The second kappa shape index (κ2) is 35.2. The largest absolute Gasteiger partial charge is 0.756 e. The molecular weight excluding hydrogens is 671 g/mol. The van der Waals surface area contributed by atoms with E-state index in [1.165, 1.54) is 83.5 Å². The molecule has 0 saturated heterocycles. The van der Waals surface area contributed by atoms with Crippen molar-refractivity contribution in [1.82, 2.24) is 5.32 Å². The van der Waals surface area contributed by atoms with Gasteiger partial charge >= 0.3 is 0 Å². The molecule has 0 bridgehead atoms. The minimum absolute atomic E-state index is 0.0124. The van der Waals surface area contributed by atoms with Gasteiger partial charge in [0.2, 0.25) is 5.91 Å². The quantitative estimate of drug-likeness (QED) is 0.0283. The van der Waals surface area contributed by atoms with Gasteiger partial charge in [-0.2, -0.15) is 0 Å². The number of allylic oxidation sites excluding steroid dienone is 7. The molecule has 0 aromatic carbocycles. The summed E-state index contributed by atoms with van der Waals surface area (Å²) in [6, 6.07) is -0.913. The molecule has 1 amide bonds. The van der Waals surface area contributed by atoms with Crippen LogP contribution < -0.4 is 10.2 Å². The Balaban J connectivity index is 4.51. The second-order valence-corrected chi connectivity index (χ2v) is 16.7. The lowest BCUT2D eigenvalue weighted by Crippen LogP contribution is -2.45. The fourth-order valence-corrected chi connectivity index (χ4v) is 6.30. The highest BCUT2D eigenvalue weighted by Gasteiger charge is 2.23. The summed E-state index contributed by atoms with van der Waals surface area (Å²) in [5.41, 5.74) is 0. The maximum absolute atomic E-state index is 12.8. The van der Waals surface area contributed by atoms with Crippen molar-refractivity contribution in [3.8, 4) is 0 Å². The van der Waals surface area contributed by atoms with Crippen LogP contribution in [0.4, 0.5) is 0 Å². The van der Waals surface area contributed by atoms with Gasteiger partial charge in [0.25, 0.3) is 7.82 Å². The van der Waals surface area contributed by atoms with Crippen LogP contribution in [-0.4, -0.2) is 68.5 Å². The summed E-state index contributed by atoms with van der Waals surface area (Å²) in [5.74, 6) is -0.229. The number of rotatable bonds is 37. The van der Waals surface area contributed by atoms with Crippen LogP contribution >= 0.6 is 7.82 Å². The molecule has 0 heterocycles. The molecule has 3 unspecified atom stereocenters. The number of nitrogens with zero attached hydrogens (tertiary/aromatic N) is 1. The van der Waals surface area contributed by atoms with Crippen molar-refractivity contribution >= 4 is 13.7 Å². The highest BCUT2D eigenvalue weighted by atomic mass is 31.2. The first-order valence-electron chi connectivity index (χ1n) is 21.0. The molecule has 0 spiro atoms. The standard InChI is InChI=1S/C43H81N2O6P/c1-6-8-10-12-14-16-18-19-20-21-22-23-24-25-26-27-28-30-32-34-36-42(46)41(40-51-52(48,49)50-39-38-45(3,4)5)44-43(47)37-35-33-31-29-17-15-13-11-9-7-2/h13,15,23-24,27-28,34,36,41-42,46H,6-12,14,16-22,25-26,29-33,35,37-40H2,1-5H3,(H-,44,47,48,49)/b15-13-,24-23+,28-27+,36-34+. The molecular formula is C43H81N2O6P. The molecule has 0 fully saturated rings. The summed E-state index contributed by atoms with van der Waals surface area (Å²) >= 11 is 0. The number of likely N-dealkylation sites (N-methyl/N-ethyl adjacent to an activating group) is 1. The lowest BCUT2D eigenvalue weighted by atomic mass is 10.1. The van der Waals surface area contributed by atoms with Crippen molar-refractivity contribution in [2.45, 2.75) is 180 Å². The van der Waals surface area contributed by atoms with E-state index in [0.717, 1.165) is 64.2 Å². The fourth-order valence-electron chi connectivity index (χ4n) is 5.57. The molecule has 0 rings (SSSR count). The number of hydrogen-bond donors (Lipinski definition) is 2. The predicted molar refractivity (Wildman–Crippen MR) is 219 cm³/mol. The van der Waals surface area contributed by atoms with Gasteiger partial charge in [0.05, 0.1) is 39.9 Å². The average Bonchev–Trinajstić information content (AvgIpc) is 3.09. The first-order valence-corrected chi connectivity index (χ1v) is 22.5. The Morgan fingerprint density at radius 2 is 1.10 bits per heavy atom. The van der Waals surface area contributed by atoms with E-state index in [4.69, 9.17) is 9.05 Å². The minimum atomic E-state index is -4.60. The van der Waals surface area contributed by atoms with Crippen molar-refractivity contribution in [2.75, 3.05) is 40.9 Å². The zero-order valence-corrected chi connectivity index (χ0v) is 35.1. The van der Waals surface area contributed by atoms with Crippen molar-refractivity contribution in [1.29, 1.82) is 0 Å². The Morgan fingerprint density at radius 3 is 1.62 bits per heavy atom. The third-order valence-corrected chi connectivity index (χ3v) is 9.95. The van der Waals surface area contributed by atoms with Crippen LogP contribution in [0, 0.1) is 0 Å². The molecule has 0 aromatic rings. The Labute approximate surface area is 320 Å². The molecule has 0 aliphatic heterocycles. The van der Waals surface area contributed by atoms with E-state index in [-0.39, 0.29) is 12.5 Å². The van der Waals surface area contributed by atoms with Crippen LogP contribution in [0.2, 0.25) is 0 Å².